The average Bonchev–Trinajstić information content (AvgIpc) is 2.38. The second-order valence-corrected chi connectivity index (χ2v) is 3.53. The zero-order chi connectivity index (χ0) is 13.4. The minimum Gasteiger partial charge on any atom is -0.460 e. The van der Waals surface area contributed by atoms with Crippen molar-refractivity contribution in [1.82, 2.24) is 0 Å². The first-order valence-corrected chi connectivity index (χ1v) is 5.59. The highest BCUT2D eigenvalue weighted by molar-refractivity contribution is 6.37. The van der Waals surface area contributed by atoms with Gasteiger partial charge in [-0.15, -0.1) is 0 Å². The highest BCUT2D eigenvalue weighted by atomic mass is 16.5. The van der Waals surface area contributed by atoms with Crippen molar-refractivity contribution in [1.29, 1.82) is 0 Å². The zero-order valence-electron chi connectivity index (χ0n) is 10.1. The Hall–Kier alpha value is -2.23. The molecule has 0 aliphatic carbocycles. The van der Waals surface area contributed by atoms with E-state index in [1.807, 2.05) is 30.3 Å². The number of carbonyl (C=O) groups is 3. The van der Waals surface area contributed by atoms with E-state index in [4.69, 9.17) is 0 Å². The smallest absolute Gasteiger partial charge is 0.375 e. The van der Waals surface area contributed by atoms with Gasteiger partial charge in [0.25, 0.3) is 0 Å². The van der Waals surface area contributed by atoms with Crippen LogP contribution in [0.1, 0.15) is 18.9 Å². The molecule has 1 aromatic carbocycles. The molecule has 4 nitrogen and oxygen atoms in total. The molecule has 0 saturated carbocycles. The van der Waals surface area contributed by atoms with E-state index >= 15 is 0 Å². The van der Waals surface area contributed by atoms with Gasteiger partial charge in [0, 0.05) is 0 Å². The Labute approximate surface area is 105 Å². The summed E-state index contributed by atoms with van der Waals surface area (Å²) in [7, 11) is 0. The van der Waals surface area contributed by atoms with Gasteiger partial charge in [0.1, 0.15) is 0 Å². The van der Waals surface area contributed by atoms with Gasteiger partial charge in [-0.25, -0.2) is 4.79 Å². The summed E-state index contributed by atoms with van der Waals surface area (Å²) in [5.41, 5.74) is 0.856. The van der Waals surface area contributed by atoms with E-state index < -0.39 is 24.0 Å². The number of allylic oxidation sites excluding steroid dienone is 1. The van der Waals surface area contributed by atoms with Gasteiger partial charge in [-0.1, -0.05) is 36.4 Å². The molecule has 0 aliphatic heterocycles. The molecule has 0 atom stereocenters. The number of carbonyl (C=O) groups excluding carboxylic acids is 3. The van der Waals surface area contributed by atoms with E-state index in [1.165, 1.54) is 6.08 Å². The van der Waals surface area contributed by atoms with Crippen molar-refractivity contribution in [2.75, 3.05) is 6.61 Å². The van der Waals surface area contributed by atoms with Crippen molar-refractivity contribution >= 4 is 23.6 Å². The van der Waals surface area contributed by atoms with E-state index in [1.54, 1.807) is 13.0 Å². The largest absolute Gasteiger partial charge is 0.460 e. The molecule has 0 aromatic heterocycles. The molecular weight excluding hydrogens is 232 g/mol. The molecule has 0 spiro atoms. The van der Waals surface area contributed by atoms with Gasteiger partial charge in [0.15, 0.2) is 5.78 Å². The van der Waals surface area contributed by atoms with Crippen LogP contribution in [-0.2, 0) is 19.1 Å². The first kappa shape index (κ1) is 13.8. The molecule has 0 radical (unpaired) electrons. The molecule has 0 saturated heterocycles. The standard InChI is InChI=1S/C14H14O4/c1-2-18-14(17)13(16)10-12(15)9-8-11-6-4-3-5-7-11/h3-9H,2,10H2,1H3/b9-8-. The molecule has 18 heavy (non-hydrogen) atoms. The fraction of sp³-hybridized carbons (Fsp3) is 0.214. The number of hydrogen-bond acceptors (Lipinski definition) is 4. The van der Waals surface area contributed by atoms with Crippen molar-refractivity contribution in [3.8, 4) is 0 Å². The Bertz CT molecular complexity index is 460. The van der Waals surface area contributed by atoms with Crippen LogP contribution in [0.25, 0.3) is 6.08 Å². The maximum absolute atomic E-state index is 11.4. The molecule has 0 fully saturated rings. The van der Waals surface area contributed by atoms with Crippen LogP contribution < -0.4 is 0 Å². The minimum atomic E-state index is -0.959. The van der Waals surface area contributed by atoms with Crippen LogP contribution >= 0.6 is 0 Å². The topological polar surface area (TPSA) is 60.4 Å². The van der Waals surface area contributed by atoms with Crippen LogP contribution in [0, 0.1) is 0 Å². The lowest BCUT2D eigenvalue weighted by molar-refractivity contribution is -0.154. The third-order valence-corrected chi connectivity index (χ3v) is 2.10. The number of hydrogen-bond donors (Lipinski definition) is 0. The Morgan fingerprint density at radius 1 is 1.17 bits per heavy atom. The lowest BCUT2D eigenvalue weighted by Crippen LogP contribution is -2.19. The first-order chi connectivity index (χ1) is 8.63. The van der Waals surface area contributed by atoms with Crippen molar-refractivity contribution in [3.63, 3.8) is 0 Å². The van der Waals surface area contributed by atoms with Gasteiger partial charge in [0.2, 0.25) is 5.78 Å². The van der Waals surface area contributed by atoms with Crippen molar-refractivity contribution < 1.29 is 19.1 Å². The van der Waals surface area contributed by atoms with Crippen molar-refractivity contribution in [2.45, 2.75) is 13.3 Å². The maximum Gasteiger partial charge on any atom is 0.375 e. The fourth-order valence-electron chi connectivity index (χ4n) is 1.25. The van der Waals surface area contributed by atoms with E-state index in [2.05, 4.69) is 4.74 Å². The van der Waals surface area contributed by atoms with Gasteiger partial charge < -0.3 is 4.74 Å². The molecule has 0 bridgehead atoms. The third-order valence-electron chi connectivity index (χ3n) is 2.10. The van der Waals surface area contributed by atoms with Crippen LogP contribution in [0.15, 0.2) is 36.4 Å². The zero-order valence-corrected chi connectivity index (χ0v) is 10.1. The van der Waals surface area contributed by atoms with Gasteiger partial charge >= 0.3 is 5.97 Å². The summed E-state index contributed by atoms with van der Waals surface area (Å²) in [5.74, 6) is -2.20. The van der Waals surface area contributed by atoms with Crippen LogP contribution in [0.3, 0.4) is 0 Å². The van der Waals surface area contributed by atoms with E-state index in [0.717, 1.165) is 5.56 Å². The summed E-state index contributed by atoms with van der Waals surface area (Å²) in [6, 6.07) is 9.21. The molecular formula is C14H14O4. The van der Waals surface area contributed by atoms with Gasteiger partial charge in [-0.2, -0.15) is 0 Å². The van der Waals surface area contributed by atoms with E-state index in [9.17, 15) is 14.4 Å². The Balaban J connectivity index is 2.50. The molecule has 4 heteroatoms. The van der Waals surface area contributed by atoms with Gasteiger partial charge in [0.05, 0.1) is 13.0 Å². The summed E-state index contributed by atoms with van der Waals surface area (Å²) in [5, 5.41) is 0. The normalized spacial score (nSPS) is 10.3. The summed E-state index contributed by atoms with van der Waals surface area (Å²) < 4.78 is 4.50. The summed E-state index contributed by atoms with van der Waals surface area (Å²) in [6.07, 6.45) is 2.43. The van der Waals surface area contributed by atoms with Gasteiger partial charge in [-0.3, -0.25) is 9.59 Å². The summed E-state index contributed by atoms with van der Waals surface area (Å²) in [6.45, 7) is 1.72. The lowest BCUT2D eigenvalue weighted by Gasteiger charge is -1.98. The van der Waals surface area contributed by atoms with Crippen LogP contribution in [0.5, 0.6) is 0 Å². The molecule has 94 valence electrons. The second-order valence-electron chi connectivity index (χ2n) is 3.53. The van der Waals surface area contributed by atoms with Crippen LogP contribution in [0.2, 0.25) is 0 Å². The Kier molecular flexibility index (Phi) is 5.51. The quantitative estimate of drug-likeness (QED) is 0.332. The average molecular weight is 246 g/mol. The number of esters is 1. The van der Waals surface area contributed by atoms with Crippen LogP contribution in [-0.4, -0.2) is 24.1 Å². The predicted octanol–water partition coefficient (Wildman–Crippen LogP) is 1.79. The predicted molar refractivity (Wildman–Crippen MR) is 66.7 cm³/mol. The number of ketones is 2. The van der Waals surface area contributed by atoms with Crippen molar-refractivity contribution in [3.05, 3.63) is 42.0 Å². The first-order valence-electron chi connectivity index (χ1n) is 5.59. The SMILES string of the molecule is CCOC(=O)C(=O)CC(=O)/C=C\c1ccccc1. The molecule has 1 rings (SSSR count). The molecule has 0 heterocycles. The number of benzene rings is 1. The van der Waals surface area contributed by atoms with Crippen LogP contribution in [0.4, 0.5) is 0 Å². The number of ether oxygens (including phenoxy) is 1. The molecule has 0 aliphatic rings. The second kappa shape index (κ2) is 7.17. The van der Waals surface area contributed by atoms with E-state index in [0.29, 0.717) is 0 Å². The Morgan fingerprint density at radius 2 is 1.83 bits per heavy atom. The fourth-order valence-corrected chi connectivity index (χ4v) is 1.25. The van der Waals surface area contributed by atoms with Crippen molar-refractivity contribution in [2.24, 2.45) is 0 Å². The number of Topliss-reactive ketones (excluding diaryl/α,β-unsaturated/α-hetero) is 1. The molecule has 0 amide bonds. The Morgan fingerprint density at radius 3 is 2.44 bits per heavy atom. The third kappa shape index (κ3) is 4.74. The maximum atomic E-state index is 11.4. The monoisotopic (exact) mass is 246 g/mol. The molecule has 0 unspecified atom stereocenters. The lowest BCUT2D eigenvalue weighted by atomic mass is 10.1. The molecule has 1 aromatic rings. The number of rotatable bonds is 6. The highest BCUT2D eigenvalue weighted by Gasteiger charge is 2.17. The highest BCUT2D eigenvalue weighted by Crippen LogP contribution is 2.02. The summed E-state index contributed by atoms with van der Waals surface area (Å²) in [4.78, 5) is 33.7. The van der Waals surface area contributed by atoms with Gasteiger partial charge in [-0.05, 0) is 18.6 Å². The summed E-state index contributed by atoms with van der Waals surface area (Å²) >= 11 is 0. The minimum absolute atomic E-state index is 0.124. The van der Waals surface area contributed by atoms with E-state index in [-0.39, 0.29) is 6.61 Å². The molecule has 0 N–H and O–H groups in total.